The molecule has 0 aliphatic carbocycles. The molecule has 0 saturated carbocycles. The highest BCUT2D eigenvalue weighted by atomic mass is 79.9. The minimum Gasteiger partial charge on any atom is -0.339 e. The Kier molecular flexibility index (Phi) is 4.91. The van der Waals surface area contributed by atoms with Gasteiger partial charge >= 0.3 is 0 Å². The van der Waals surface area contributed by atoms with Crippen LogP contribution in [0.4, 0.5) is 17.2 Å². The monoisotopic (exact) mass is 381 g/mol. The molecule has 1 amide bonds. The van der Waals surface area contributed by atoms with Gasteiger partial charge in [0, 0.05) is 21.9 Å². The number of hydrogen-bond donors (Lipinski definition) is 2. The van der Waals surface area contributed by atoms with Crippen LogP contribution in [0.3, 0.4) is 0 Å². The van der Waals surface area contributed by atoms with Crippen LogP contribution in [0.25, 0.3) is 0 Å². The number of para-hydroxylation sites is 1. The van der Waals surface area contributed by atoms with Crippen molar-refractivity contribution in [3.63, 3.8) is 0 Å². The van der Waals surface area contributed by atoms with E-state index in [9.17, 15) is 4.79 Å². The number of halogens is 1. The van der Waals surface area contributed by atoms with Gasteiger partial charge in [-0.15, -0.1) is 0 Å². The van der Waals surface area contributed by atoms with Gasteiger partial charge in [0.1, 0.15) is 5.82 Å². The first kappa shape index (κ1) is 16.2. The first-order chi connectivity index (χ1) is 11.6. The van der Waals surface area contributed by atoms with Crippen molar-refractivity contribution >= 4 is 39.0 Å². The summed E-state index contributed by atoms with van der Waals surface area (Å²) in [6, 6.07) is 18.8. The molecule has 4 nitrogen and oxygen atoms in total. The maximum Gasteiger partial charge on any atom is 0.255 e. The Morgan fingerprint density at radius 1 is 1.04 bits per heavy atom. The van der Waals surface area contributed by atoms with Crippen LogP contribution in [0.15, 0.2) is 71.3 Å². The van der Waals surface area contributed by atoms with Gasteiger partial charge in [-0.25, -0.2) is 4.98 Å². The van der Waals surface area contributed by atoms with E-state index in [1.54, 1.807) is 18.3 Å². The first-order valence-electron chi connectivity index (χ1n) is 7.47. The molecule has 24 heavy (non-hydrogen) atoms. The summed E-state index contributed by atoms with van der Waals surface area (Å²) in [5.41, 5.74) is 3.36. The minimum absolute atomic E-state index is 0.172. The maximum absolute atomic E-state index is 12.4. The number of nitrogens with zero attached hydrogens (tertiary/aromatic N) is 1. The number of aryl methyl sites for hydroxylation is 1. The number of anilines is 3. The molecule has 120 valence electrons. The van der Waals surface area contributed by atoms with Crippen LogP contribution >= 0.6 is 15.9 Å². The van der Waals surface area contributed by atoms with Crippen molar-refractivity contribution in [1.82, 2.24) is 4.98 Å². The van der Waals surface area contributed by atoms with E-state index in [4.69, 9.17) is 0 Å². The lowest BCUT2D eigenvalue weighted by Gasteiger charge is -2.10. The molecule has 1 heterocycles. The highest BCUT2D eigenvalue weighted by molar-refractivity contribution is 9.10. The molecule has 0 saturated heterocycles. The second-order valence-corrected chi connectivity index (χ2v) is 6.21. The van der Waals surface area contributed by atoms with Crippen LogP contribution in [0, 0.1) is 6.92 Å². The second kappa shape index (κ2) is 7.27. The van der Waals surface area contributed by atoms with Crippen LogP contribution < -0.4 is 10.6 Å². The van der Waals surface area contributed by atoms with Gasteiger partial charge in [0.25, 0.3) is 5.91 Å². The smallest absolute Gasteiger partial charge is 0.255 e. The second-order valence-electron chi connectivity index (χ2n) is 5.36. The number of hydrogen-bond acceptors (Lipinski definition) is 3. The van der Waals surface area contributed by atoms with Crippen molar-refractivity contribution in [2.45, 2.75) is 6.92 Å². The summed E-state index contributed by atoms with van der Waals surface area (Å²) in [6.45, 7) is 2.03. The highest BCUT2D eigenvalue weighted by Crippen LogP contribution is 2.26. The van der Waals surface area contributed by atoms with Gasteiger partial charge < -0.3 is 10.6 Å². The van der Waals surface area contributed by atoms with Gasteiger partial charge in [-0.3, -0.25) is 4.79 Å². The van der Waals surface area contributed by atoms with E-state index < -0.39 is 0 Å². The van der Waals surface area contributed by atoms with Crippen molar-refractivity contribution < 1.29 is 4.79 Å². The fraction of sp³-hybridized carbons (Fsp3) is 0.0526. The zero-order valence-electron chi connectivity index (χ0n) is 13.1. The zero-order valence-corrected chi connectivity index (χ0v) is 14.7. The third-order valence-corrected chi connectivity index (χ3v) is 4.10. The minimum atomic E-state index is -0.172. The standard InChI is InChI=1S/C19H16BrN3O/c1-13-7-8-17(16(20)11-13)23-18-12-14(9-10-21-18)19(24)22-15-5-3-2-4-6-15/h2-12H,1H3,(H,21,23)(H,22,24). The lowest BCUT2D eigenvalue weighted by molar-refractivity contribution is 0.102. The Hall–Kier alpha value is -2.66. The van der Waals surface area contributed by atoms with Crippen molar-refractivity contribution in [3.8, 4) is 0 Å². The van der Waals surface area contributed by atoms with Crippen LogP contribution in [0.1, 0.15) is 15.9 Å². The van der Waals surface area contributed by atoms with E-state index >= 15 is 0 Å². The van der Waals surface area contributed by atoms with E-state index in [1.807, 2.05) is 55.5 Å². The summed E-state index contributed by atoms with van der Waals surface area (Å²) in [6.07, 6.45) is 1.62. The molecule has 0 bridgehead atoms. The Bertz CT molecular complexity index is 865. The number of carbonyl (C=O) groups excluding carboxylic acids is 1. The summed E-state index contributed by atoms with van der Waals surface area (Å²) in [5, 5.41) is 6.08. The van der Waals surface area contributed by atoms with Gasteiger partial charge in [0.2, 0.25) is 0 Å². The lowest BCUT2D eigenvalue weighted by atomic mass is 10.2. The molecule has 5 heteroatoms. The van der Waals surface area contributed by atoms with Crippen molar-refractivity contribution in [2.75, 3.05) is 10.6 Å². The van der Waals surface area contributed by atoms with E-state index in [0.29, 0.717) is 11.4 Å². The maximum atomic E-state index is 12.4. The molecule has 0 fully saturated rings. The Labute approximate surface area is 149 Å². The number of pyridine rings is 1. The van der Waals surface area contributed by atoms with Crippen LogP contribution in [0.2, 0.25) is 0 Å². The van der Waals surface area contributed by atoms with E-state index in [-0.39, 0.29) is 5.91 Å². The number of amides is 1. The van der Waals surface area contributed by atoms with E-state index in [1.165, 1.54) is 0 Å². The summed E-state index contributed by atoms with van der Waals surface area (Å²) < 4.78 is 0.948. The topological polar surface area (TPSA) is 54.0 Å². The van der Waals surface area contributed by atoms with E-state index in [0.717, 1.165) is 21.4 Å². The first-order valence-corrected chi connectivity index (χ1v) is 8.27. The quantitative estimate of drug-likeness (QED) is 0.656. The third kappa shape index (κ3) is 4.00. The average Bonchev–Trinajstić information content (AvgIpc) is 2.59. The van der Waals surface area contributed by atoms with Crippen molar-refractivity contribution in [2.24, 2.45) is 0 Å². The number of aromatic nitrogens is 1. The summed E-state index contributed by atoms with van der Waals surface area (Å²) in [5.74, 6) is 0.440. The van der Waals surface area contributed by atoms with Crippen LogP contribution in [-0.4, -0.2) is 10.9 Å². The molecule has 1 aromatic heterocycles. The molecule has 0 atom stereocenters. The summed E-state index contributed by atoms with van der Waals surface area (Å²) >= 11 is 3.53. The van der Waals surface area contributed by atoms with Gasteiger partial charge in [0.05, 0.1) is 5.69 Å². The molecular formula is C19H16BrN3O. The van der Waals surface area contributed by atoms with E-state index in [2.05, 4.69) is 31.5 Å². The van der Waals surface area contributed by atoms with Crippen molar-refractivity contribution in [1.29, 1.82) is 0 Å². The summed E-state index contributed by atoms with van der Waals surface area (Å²) in [7, 11) is 0. The fourth-order valence-electron chi connectivity index (χ4n) is 2.22. The van der Waals surface area contributed by atoms with Crippen molar-refractivity contribution in [3.05, 3.63) is 82.5 Å². The molecule has 3 aromatic rings. The van der Waals surface area contributed by atoms with Crippen LogP contribution in [0.5, 0.6) is 0 Å². The molecule has 0 spiro atoms. The largest absolute Gasteiger partial charge is 0.339 e. The molecule has 0 radical (unpaired) electrons. The Morgan fingerprint density at radius 2 is 1.83 bits per heavy atom. The Morgan fingerprint density at radius 3 is 2.58 bits per heavy atom. The molecule has 2 aromatic carbocycles. The van der Waals surface area contributed by atoms with Gasteiger partial charge in [-0.05, 0) is 64.8 Å². The zero-order chi connectivity index (χ0) is 16.9. The number of benzene rings is 2. The molecule has 0 aliphatic rings. The van der Waals surface area contributed by atoms with Gasteiger partial charge in [-0.2, -0.15) is 0 Å². The normalized spacial score (nSPS) is 10.2. The molecule has 0 unspecified atom stereocenters. The SMILES string of the molecule is Cc1ccc(Nc2cc(C(=O)Nc3ccccc3)ccn2)c(Br)c1. The molecule has 3 rings (SSSR count). The predicted octanol–water partition coefficient (Wildman–Crippen LogP) is 5.15. The molecule has 0 aliphatic heterocycles. The fourth-order valence-corrected chi connectivity index (χ4v) is 2.82. The van der Waals surface area contributed by atoms with Gasteiger partial charge in [0.15, 0.2) is 0 Å². The lowest BCUT2D eigenvalue weighted by Crippen LogP contribution is -2.12. The molecule has 2 N–H and O–H groups in total. The highest BCUT2D eigenvalue weighted by Gasteiger charge is 2.08. The third-order valence-electron chi connectivity index (χ3n) is 3.44. The number of nitrogens with one attached hydrogen (secondary N) is 2. The van der Waals surface area contributed by atoms with Gasteiger partial charge in [-0.1, -0.05) is 24.3 Å². The average molecular weight is 382 g/mol. The Balaban J connectivity index is 1.77. The predicted molar refractivity (Wildman–Crippen MR) is 101 cm³/mol. The number of rotatable bonds is 4. The molecular weight excluding hydrogens is 366 g/mol. The summed E-state index contributed by atoms with van der Waals surface area (Å²) in [4.78, 5) is 16.6. The van der Waals surface area contributed by atoms with Crippen LogP contribution in [-0.2, 0) is 0 Å². The number of carbonyl (C=O) groups is 1.